The van der Waals surface area contributed by atoms with Crippen molar-refractivity contribution < 1.29 is 4.79 Å². The van der Waals surface area contributed by atoms with E-state index < -0.39 is 0 Å². The first-order valence-electron chi connectivity index (χ1n) is 7.81. The van der Waals surface area contributed by atoms with Gasteiger partial charge in [-0.15, -0.1) is 0 Å². The first-order chi connectivity index (χ1) is 10.7. The Balaban J connectivity index is 1.43. The molecule has 0 fully saturated rings. The van der Waals surface area contributed by atoms with Crippen LogP contribution in [0, 0.1) is 0 Å². The van der Waals surface area contributed by atoms with Crippen LogP contribution in [0.25, 0.3) is 0 Å². The SMILES string of the molecule is CC1Cc2cc(C(=O)CNCCCn3ccnc3)ccc2N1. The predicted molar refractivity (Wildman–Crippen MR) is 87.3 cm³/mol. The van der Waals surface area contributed by atoms with E-state index >= 15 is 0 Å². The Morgan fingerprint density at radius 1 is 1.50 bits per heavy atom. The van der Waals surface area contributed by atoms with E-state index in [4.69, 9.17) is 0 Å². The third kappa shape index (κ3) is 3.54. The molecule has 1 aromatic heterocycles. The Morgan fingerprint density at radius 2 is 2.41 bits per heavy atom. The molecule has 2 aromatic rings. The summed E-state index contributed by atoms with van der Waals surface area (Å²) >= 11 is 0. The lowest BCUT2D eigenvalue weighted by atomic mass is 10.0. The topological polar surface area (TPSA) is 59.0 Å². The molecule has 0 spiro atoms. The largest absolute Gasteiger partial charge is 0.382 e. The molecule has 0 bridgehead atoms. The van der Waals surface area contributed by atoms with Gasteiger partial charge >= 0.3 is 0 Å². The monoisotopic (exact) mass is 298 g/mol. The van der Waals surface area contributed by atoms with Gasteiger partial charge in [-0.05, 0) is 50.1 Å². The van der Waals surface area contributed by atoms with Gasteiger partial charge in [0.1, 0.15) is 0 Å². The van der Waals surface area contributed by atoms with Gasteiger partial charge in [0.15, 0.2) is 5.78 Å². The molecule has 116 valence electrons. The number of nitrogens with zero attached hydrogens (tertiary/aromatic N) is 2. The molecular weight excluding hydrogens is 276 g/mol. The van der Waals surface area contributed by atoms with Gasteiger partial charge in [-0.1, -0.05) is 0 Å². The highest BCUT2D eigenvalue weighted by Crippen LogP contribution is 2.26. The molecular formula is C17H22N4O. The van der Waals surface area contributed by atoms with E-state index in [2.05, 4.69) is 22.5 Å². The number of Topliss-reactive ketones (excluding diaryl/α,β-unsaturated/α-hetero) is 1. The Hall–Kier alpha value is -2.14. The van der Waals surface area contributed by atoms with Crippen molar-refractivity contribution in [2.75, 3.05) is 18.4 Å². The molecule has 1 aromatic carbocycles. The van der Waals surface area contributed by atoms with Crippen LogP contribution in [0.2, 0.25) is 0 Å². The van der Waals surface area contributed by atoms with Crippen molar-refractivity contribution in [2.45, 2.75) is 32.4 Å². The van der Waals surface area contributed by atoms with E-state index in [1.807, 2.05) is 35.3 Å². The maximum Gasteiger partial charge on any atom is 0.176 e. The minimum absolute atomic E-state index is 0.157. The van der Waals surface area contributed by atoms with Crippen molar-refractivity contribution in [3.63, 3.8) is 0 Å². The van der Waals surface area contributed by atoms with E-state index in [-0.39, 0.29) is 5.78 Å². The second kappa shape index (κ2) is 6.75. The summed E-state index contributed by atoms with van der Waals surface area (Å²) in [7, 11) is 0. The fraction of sp³-hybridized carbons (Fsp3) is 0.412. The van der Waals surface area contributed by atoms with Crippen LogP contribution in [0.5, 0.6) is 0 Å². The summed E-state index contributed by atoms with van der Waals surface area (Å²) in [6, 6.07) is 6.42. The van der Waals surface area contributed by atoms with Crippen LogP contribution in [0.1, 0.15) is 29.3 Å². The summed E-state index contributed by atoms with van der Waals surface area (Å²) in [4.78, 5) is 16.2. The van der Waals surface area contributed by atoms with Gasteiger partial charge in [0.2, 0.25) is 0 Å². The number of aromatic nitrogens is 2. The molecule has 0 radical (unpaired) electrons. The van der Waals surface area contributed by atoms with Crippen LogP contribution in [0.15, 0.2) is 36.9 Å². The third-order valence-electron chi connectivity index (χ3n) is 3.97. The smallest absolute Gasteiger partial charge is 0.176 e. The third-order valence-corrected chi connectivity index (χ3v) is 3.97. The predicted octanol–water partition coefficient (Wildman–Crippen LogP) is 2.10. The van der Waals surface area contributed by atoms with Gasteiger partial charge in [-0.2, -0.15) is 0 Å². The van der Waals surface area contributed by atoms with Crippen molar-refractivity contribution >= 4 is 11.5 Å². The minimum atomic E-state index is 0.157. The van der Waals surface area contributed by atoms with Crippen molar-refractivity contribution in [1.29, 1.82) is 0 Å². The van der Waals surface area contributed by atoms with Gasteiger partial charge in [0.25, 0.3) is 0 Å². The molecule has 1 unspecified atom stereocenters. The molecule has 22 heavy (non-hydrogen) atoms. The summed E-state index contributed by atoms with van der Waals surface area (Å²) in [6.07, 6.45) is 7.51. The number of hydrogen-bond donors (Lipinski definition) is 2. The van der Waals surface area contributed by atoms with E-state index in [1.54, 1.807) is 6.20 Å². The van der Waals surface area contributed by atoms with Gasteiger partial charge in [-0.3, -0.25) is 4.79 Å². The Morgan fingerprint density at radius 3 is 3.23 bits per heavy atom. The number of nitrogens with one attached hydrogen (secondary N) is 2. The number of benzene rings is 1. The number of aryl methyl sites for hydroxylation is 1. The molecule has 0 amide bonds. The number of carbonyl (C=O) groups is 1. The second-order valence-corrected chi connectivity index (χ2v) is 5.88. The average molecular weight is 298 g/mol. The molecule has 2 heterocycles. The van der Waals surface area contributed by atoms with E-state index in [0.29, 0.717) is 12.6 Å². The van der Waals surface area contributed by atoms with Gasteiger partial charge in [-0.25, -0.2) is 4.98 Å². The average Bonchev–Trinajstić information content (AvgIpc) is 3.13. The van der Waals surface area contributed by atoms with Crippen LogP contribution in [-0.2, 0) is 13.0 Å². The molecule has 0 saturated heterocycles. The maximum absolute atomic E-state index is 12.2. The van der Waals surface area contributed by atoms with Crippen molar-refractivity contribution in [3.05, 3.63) is 48.0 Å². The van der Waals surface area contributed by atoms with E-state index in [0.717, 1.165) is 37.2 Å². The normalized spacial score (nSPS) is 16.3. The summed E-state index contributed by atoms with van der Waals surface area (Å²) < 4.78 is 2.04. The second-order valence-electron chi connectivity index (χ2n) is 5.88. The van der Waals surface area contributed by atoms with Crippen molar-refractivity contribution in [1.82, 2.24) is 14.9 Å². The fourth-order valence-corrected chi connectivity index (χ4v) is 2.83. The van der Waals surface area contributed by atoms with Crippen LogP contribution in [-0.4, -0.2) is 34.5 Å². The number of hydrogen-bond acceptors (Lipinski definition) is 4. The lowest BCUT2D eigenvalue weighted by Gasteiger charge is -2.06. The molecule has 0 saturated carbocycles. The standard InChI is InChI=1S/C17H22N4O/c1-13-9-15-10-14(3-4-16(15)20-13)17(22)11-18-5-2-7-21-8-6-19-12-21/h3-4,6,8,10,12-13,18,20H,2,5,7,9,11H2,1H3. The molecule has 1 aliphatic heterocycles. The van der Waals surface area contributed by atoms with Gasteiger partial charge < -0.3 is 15.2 Å². The van der Waals surface area contributed by atoms with Crippen LogP contribution < -0.4 is 10.6 Å². The Bertz CT molecular complexity index is 636. The molecule has 1 aliphatic rings. The zero-order chi connectivity index (χ0) is 15.4. The highest BCUT2D eigenvalue weighted by Gasteiger charge is 2.18. The lowest BCUT2D eigenvalue weighted by molar-refractivity contribution is 0.0991. The summed E-state index contributed by atoms with van der Waals surface area (Å²) in [6.45, 7) is 4.30. The van der Waals surface area contributed by atoms with E-state index in [9.17, 15) is 4.79 Å². The van der Waals surface area contributed by atoms with Crippen LogP contribution in [0.3, 0.4) is 0 Å². The zero-order valence-electron chi connectivity index (χ0n) is 12.9. The highest BCUT2D eigenvalue weighted by molar-refractivity contribution is 5.98. The number of imidazole rings is 1. The quantitative estimate of drug-likeness (QED) is 0.607. The summed E-state index contributed by atoms with van der Waals surface area (Å²) in [5.74, 6) is 0.157. The minimum Gasteiger partial charge on any atom is -0.382 e. The number of carbonyl (C=O) groups excluding carboxylic acids is 1. The van der Waals surface area contributed by atoms with Crippen LogP contribution in [0.4, 0.5) is 5.69 Å². The summed E-state index contributed by atoms with van der Waals surface area (Å²) in [5.41, 5.74) is 3.22. The molecule has 2 N–H and O–H groups in total. The first-order valence-corrected chi connectivity index (χ1v) is 7.81. The first kappa shape index (κ1) is 14.8. The highest BCUT2D eigenvalue weighted by atomic mass is 16.1. The molecule has 0 aliphatic carbocycles. The Labute approximate surface area is 130 Å². The zero-order valence-corrected chi connectivity index (χ0v) is 12.9. The van der Waals surface area contributed by atoms with Gasteiger partial charge in [0, 0.05) is 36.2 Å². The number of rotatable bonds is 7. The maximum atomic E-state index is 12.2. The molecule has 5 nitrogen and oxygen atoms in total. The number of ketones is 1. The Kier molecular flexibility index (Phi) is 4.53. The van der Waals surface area contributed by atoms with Gasteiger partial charge in [0.05, 0.1) is 12.9 Å². The van der Waals surface area contributed by atoms with Crippen molar-refractivity contribution in [3.8, 4) is 0 Å². The number of anilines is 1. The van der Waals surface area contributed by atoms with Crippen LogP contribution >= 0.6 is 0 Å². The lowest BCUT2D eigenvalue weighted by Crippen LogP contribution is -2.24. The fourth-order valence-electron chi connectivity index (χ4n) is 2.83. The summed E-state index contributed by atoms with van der Waals surface area (Å²) in [5, 5.41) is 6.63. The van der Waals surface area contributed by atoms with Crippen molar-refractivity contribution in [2.24, 2.45) is 0 Å². The molecule has 5 heteroatoms. The van der Waals surface area contributed by atoms with E-state index in [1.165, 1.54) is 5.56 Å². The molecule has 1 atom stereocenters. The number of fused-ring (bicyclic) bond motifs is 1. The molecule has 3 rings (SSSR count).